The molecule has 0 unspecified atom stereocenters. The van der Waals surface area contributed by atoms with Crippen LogP contribution in [0.5, 0.6) is 5.75 Å². The van der Waals surface area contributed by atoms with Crippen LogP contribution < -0.4 is 9.92 Å². The van der Waals surface area contributed by atoms with Gasteiger partial charge >= 0.3 is 16.1 Å². The number of carboxylic acid groups (broad SMARTS) is 1. The molecular weight excluding hydrogens is 298 g/mol. The first kappa shape index (κ1) is 17.0. The van der Waals surface area contributed by atoms with E-state index in [1.807, 2.05) is 6.92 Å². The van der Waals surface area contributed by atoms with Crippen molar-refractivity contribution in [3.8, 4) is 5.75 Å². The summed E-state index contributed by atoms with van der Waals surface area (Å²) in [6.45, 7) is 1.93. The molecule has 1 aromatic carbocycles. The number of hydrogen-bond donors (Lipinski definition) is 2. The van der Waals surface area contributed by atoms with Crippen molar-refractivity contribution in [2.75, 3.05) is 5.75 Å². The van der Waals surface area contributed by atoms with E-state index in [0.717, 1.165) is 18.9 Å². The first-order valence-electron chi connectivity index (χ1n) is 6.36. The van der Waals surface area contributed by atoms with Gasteiger partial charge in [-0.05, 0) is 18.6 Å². The number of hydrogen-bond acceptors (Lipinski definition) is 5. The summed E-state index contributed by atoms with van der Waals surface area (Å²) >= 11 is 0. The Morgan fingerprint density at radius 3 is 2.48 bits per heavy atom. The van der Waals surface area contributed by atoms with Crippen molar-refractivity contribution in [2.24, 2.45) is 5.73 Å². The second kappa shape index (κ2) is 7.07. The molecule has 21 heavy (non-hydrogen) atoms. The number of carbonyl (C=O) groups is 2. The van der Waals surface area contributed by atoms with Crippen LogP contribution in [0.2, 0.25) is 0 Å². The molecule has 116 valence electrons. The van der Waals surface area contributed by atoms with Gasteiger partial charge in [-0.1, -0.05) is 25.8 Å². The summed E-state index contributed by atoms with van der Waals surface area (Å²) in [5, 5.41) is 9.00. The van der Waals surface area contributed by atoms with Crippen LogP contribution in [0.25, 0.3) is 0 Å². The maximum absolute atomic E-state index is 11.8. The van der Waals surface area contributed by atoms with Crippen LogP contribution in [-0.4, -0.2) is 31.2 Å². The van der Waals surface area contributed by atoms with Gasteiger partial charge in [-0.25, -0.2) is 4.79 Å². The van der Waals surface area contributed by atoms with Gasteiger partial charge in [-0.3, -0.25) is 4.79 Å². The van der Waals surface area contributed by atoms with E-state index in [0.29, 0.717) is 6.42 Å². The third-order valence-corrected chi connectivity index (χ3v) is 3.94. The van der Waals surface area contributed by atoms with E-state index in [9.17, 15) is 18.0 Å². The highest BCUT2D eigenvalue weighted by molar-refractivity contribution is 7.87. The van der Waals surface area contributed by atoms with Crippen molar-refractivity contribution < 1.29 is 27.3 Å². The van der Waals surface area contributed by atoms with Gasteiger partial charge in [-0.15, -0.1) is 0 Å². The van der Waals surface area contributed by atoms with E-state index >= 15 is 0 Å². The zero-order valence-corrected chi connectivity index (χ0v) is 12.4. The number of unbranched alkanes of at least 4 members (excludes halogenated alkanes) is 2. The summed E-state index contributed by atoms with van der Waals surface area (Å²) in [6, 6.07) is 3.63. The lowest BCUT2D eigenvalue weighted by atomic mass is 10.1. The lowest BCUT2D eigenvalue weighted by Gasteiger charge is -2.11. The van der Waals surface area contributed by atoms with Gasteiger partial charge in [0.25, 0.3) is 5.91 Å². The number of amides is 1. The van der Waals surface area contributed by atoms with Crippen LogP contribution >= 0.6 is 0 Å². The molecule has 0 aliphatic heterocycles. The number of aromatic carboxylic acids is 1. The molecule has 0 saturated carbocycles. The molecule has 0 aromatic heterocycles. The van der Waals surface area contributed by atoms with Crippen molar-refractivity contribution in [3.05, 3.63) is 29.3 Å². The molecule has 1 aromatic rings. The van der Waals surface area contributed by atoms with Gasteiger partial charge in [0.1, 0.15) is 0 Å². The van der Waals surface area contributed by atoms with Crippen molar-refractivity contribution in [3.63, 3.8) is 0 Å². The fraction of sp³-hybridized carbons (Fsp3) is 0.385. The quantitative estimate of drug-likeness (QED) is 0.551. The van der Waals surface area contributed by atoms with Gasteiger partial charge in [0.2, 0.25) is 0 Å². The molecule has 0 radical (unpaired) electrons. The average molecular weight is 315 g/mol. The molecule has 3 N–H and O–H groups in total. The molecule has 0 aliphatic carbocycles. The maximum Gasteiger partial charge on any atom is 0.336 e. The number of benzene rings is 1. The number of carbonyl (C=O) groups excluding carboxylic acids is 1. The first-order chi connectivity index (χ1) is 9.78. The van der Waals surface area contributed by atoms with E-state index in [4.69, 9.17) is 15.0 Å². The van der Waals surface area contributed by atoms with E-state index in [1.165, 1.54) is 12.1 Å². The van der Waals surface area contributed by atoms with Crippen LogP contribution in [0, 0.1) is 0 Å². The molecule has 0 atom stereocenters. The van der Waals surface area contributed by atoms with Crippen LogP contribution in [0.4, 0.5) is 0 Å². The molecule has 0 saturated heterocycles. The number of primary amides is 1. The Bertz CT molecular complexity index is 638. The maximum atomic E-state index is 11.8. The molecule has 0 aliphatic rings. The predicted octanol–water partition coefficient (Wildman–Crippen LogP) is 1.38. The molecule has 0 bridgehead atoms. The molecule has 0 heterocycles. The van der Waals surface area contributed by atoms with Crippen molar-refractivity contribution >= 4 is 22.0 Å². The van der Waals surface area contributed by atoms with Crippen molar-refractivity contribution in [2.45, 2.75) is 26.2 Å². The van der Waals surface area contributed by atoms with Gasteiger partial charge in [0.15, 0.2) is 5.75 Å². The molecule has 0 spiro atoms. The summed E-state index contributed by atoms with van der Waals surface area (Å²) < 4.78 is 28.5. The van der Waals surface area contributed by atoms with E-state index in [-0.39, 0.29) is 11.5 Å². The summed E-state index contributed by atoms with van der Waals surface area (Å²) in [5.74, 6) is -3.03. The molecule has 7 nitrogen and oxygen atoms in total. The highest BCUT2D eigenvalue weighted by atomic mass is 32.2. The fourth-order valence-corrected chi connectivity index (χ4v) is 2.79. The Morgan fingerprint density at radius 1 is 1.29 bits per heavy atom. The number of rotatable bonds is 8. The van der Waals surface area contributed by atoms with Gasteiger partial charge in [-0.2, -0.15) is 8.42 Å². The standard InChI is InChI=1S/C13H17NO6S/c1-2-3-4-8-21(18,19)20-10-7-5-6-9(13(16)17)11(10)12(14)15/h5-7H,2-4,8H2,1H3,(H2,14,15)(H,16,17). The predicted molar refractivity (Wildman–Crippen MR) is 75.9 cm³/mol. The largest absolute Gasteiger partial charge is 0.478 e. The summed E-state index contributed by atoms with van der Waals surface area (Å²) in [7, 11) is -3.91. The Labute approximate surface area is 122 Å². The average Bonchev–Trinajstić information content (AvgIpc) is 2.37. The third kappa shape index (κ3) is 4.75. The minimum Gasteiger partial charge on any atom is -0.478 e. The second-order valence-electron chi connectivity index (χ2n) is 4.40. The minimum atomic E-state index is -3.91. The monoisotopic (exact) mass is 315 g/mol. The molecule has 0 fully saturated rings. The Balaban J connectivity index is 3.11. The number of nitrogens with two attached hydrogens (primary N) is 1. The van der Waals surface area contributed by atoms with Crippen LogP contribution in [-0.2, 0) is 10.1 Å². The van der Waals surface area contributed by atoms with Crippen LogP contribution in [0.3, 0.4) is 0 Å². The topological polar surface area (TPSA) is 124 Å². The number of carboxylic acids is 1. The SMILES string of the molecule is CCCCCS(=O)(=O)Oc1cccc(C(=O)O)c1C(N)=O. The van der Waals surface area contributed by atoms with Gasteiger partial charge in [0.05, 0.1) is 16.9 Å². The van der Waals surface area contributed by atoms with Crippen LogP contribution in [0.15, 0.2) is 18.2 Å². The zero-order valence-electron chi connectivity index (χ0n) is 11.5. The van der Waals surface area contributed by atoms with Gasteiger partial charge in [0, 0.05) is 0 Å². The molecular formula is C13H17NO6S. The smallest absolute Gasteiger partial charge is 0.336 e. The van der Waals surface area contributed by atoms with E-state index in [2.05, 4.69) is 0 Å². The summed E-state index contributed by atoms with van der Waals surface area (Å²) in [5.41, 5.74) is 4.26. The zero-order chi connectivity index (χ0) is 16.0. The highest BCUT2D eigenvalue weighted by Crippen LogP contribution is 2.24. The summed E-state index contributed by atoms with van der Waals surface area (Å²) in [4.78, 5) is 22.4. The highest BCUT2D eigenvalue weighted by Gasteiger charge is 2.23. The Kier molecular flexibility index (Phi) is 5.71. The van der Waals surface area contributed by atoms with Crippen molar-refractivity contribution in [1.82, 2.24) is 0 Å². The summed E-state index contributed by atoms with van der Waals surface area (Å²) in [6.07, 6.45) is 1.99. The fourth-order valence-electron chi connectivity index (χ4n) is 1.74. The Morgan fingerprint density at radius 2 is 1.95 bits per heavy atom. The van der Waals surface area contributed by atoms with Crippen LogP contribution in [0.1, 0.15) is 46.9 Å². The molecule has 1 amide bonds. The first-order valence-corrected chi connectivity index (χ1v) is 7.94. The second-order valence-corrected chi connectivity index (χ2v) is 6.09. The normalized spacial score (nSPS) is 11.1. The molecule has 8 heteroatoms. The van der Waals surface area contributed by atoms with Crippen molar-refractivity contribution in [1.29, 1.82) is 0 Å². The minimum absolute atomic E-state index is 0.212. The third-order valence-electron chi connectivity index (χ3n) is 2.72. The van der Waals surface area contributed by atoms with E-state index in [1.54, 1.807) is 0 Å². The van der Waals surface area contributed by atoms with Gasteiger partial charge < -0.3 is 15.0 Å². The molecule has 1 rings (SSSR count). The Hall–Kier alpha value is -2.09. The lowest BCUT2D eigenvalue weighted by molar-refractivity contribution is 0.0691. The van der Waals surface area contributed by atoms with E-state index < -0.39 is 33.1 Å². The lowest BCUT2D eigenvalue weighted by Crippen LogP contribution is -2.21.